The van der Waals surface area contributed by atoms with E-state index in [9.17, 15) is 4.79 Å². The molecular formula is C16H21N3O2S. The molecule has 22 heavy (non-hydrogen) atoms. The summed E-state index contributed by atoms with van der Waals surface area (Å²) >= 11 is 1.29. The number of fused-ring (bicyclic) bond motifs is 1. The Hall–Kier alpha value is -1.27. The number of rotatable bonds is 2. The minimum Gasteiger partial charge on any atom is -0.370 e. The molecule has 1 spiro atoms. The molecule has 0 aromatic carbocycles. The van der Waals surface area contributed by atoms with E-state index in [1.165, 1.54) is 43.6 Å². The van der Waals surface area contributed by atoms with Crippen LogP contribution in [0.2, 0.25) is 0 Å². The fourth-order valence-electron chi connectivity index (χ4n) is 3.95. The van der Waals surface area contributed by atoms with Crippen molar-refractivity contribution in [1.82, 2.24) is 13.9 Å². The highest BCUT2D eigenvalue weighted by Gasteiger charge is 2.40. The first kappa shape index (κ1) is 14.3. The molecule has 1 saturated heterocycles. The second-order valence-corrected chi connectivity index (χ2v) is 7.42. The zero-order valence-electron chi connectivity index (χ0n) is 12.9. The summed E-state index contributed by atoms with van der Waals surface area (Å²) < 4.78 is 12.3. The van der Waals surface area contributed by atoms with E-state index in [0.717, 1.165) is 23.4 Å². The molecule has 2 aromatic heterocycles. The Balaban J connectivity index is 1.56. The highest BCUT2D eigenvalue weighted by Crippen LogP contribution is 2.42. The first-order valence-electron chi connectivity index (χ1n) is 8.16. The Morgan fingerprint density at radius 2 is 2.18 bits per heavy atom. The molecule has 1 aliphatic carbocycles. The molecule has 0 amide bonds. The fourth-order valence-corrected chi connectivity index (χ4v) is 4.68. The van der Waals surface area contributed by atoms with Crippen LogP contribution in [0, 0.1) is 6.92 Å². The first-order chi connectivity index (χ1) is 10.7. The van der Waals surface area contributed by atoms with Crippen molar-refractivity contribution in [1.29, 1.82) is 0 Å². The maximum absolute atomic E-state index is 12.6. The summed E-state index contributed by atoms with van der Waals surface area (Å²) in [5, 5.41) is 0.665. The Kier molecular flexibility index (Phi) is 3.53. The summed E-state index contributed by atoms with van der Waals surface area (Å²) in [6.07, 6.45) is 10.2. The molecule has 1 unspecified atom stereocenters. The molecule has 0 radical (unpaired) electrons. The highest BCUT2D eigenvalue weighted by molar-refractivity contribution is 7.12. The quantitative estimate of drug-likeness (QED) is 0.853. The number of aryl methyl sites for hydroxylation is 1. The van der Waals surface area contributed by atoms with E-state index in [1.54, 1.807) is 10.9 Å². The van der Waals surface area contributed by atoms with Gasteiger partial charge >= 0.3 is 0 Å². The lowest BCUT2D eigenvalue weighted by molar-refractivity contribution is -0.0682. The zero-order chi connectivity index (χ0) is 15.2. The number of aromatic nitrogens is 3. The Morgan fingerprint density at radius 1 is 1.36 bits per heavy atom. The largest absolute Gasteiger partial charge is 0.370 e. The average molecular weight is 319 g/mol. The molecular weight excluding hydrogens is 298 g/mol. The van der Waals surface area contributed by atoms with Gasteiger partial charge in [0, 0.05) is 0 Å². The predicted molar refractivity (Wildman–Crippen MR) is 86.3 cm³/mol. The van der Waals surface area contributed by atoms with Gasteiger partial charge in [0.2, 0.25) is 0 Å². The van der Waals surface area contributed by atoms with Crippen LogP contribution >= 0.6 is 11.5 Å². The van der Waals surface area contributed by atoms with Crippen molar-refractivity contribution in [3.8, 4) is 0 Å². The van der Waals surface area contributed by atoms with E-state index >= 15 is 0 Å². The normalized spacial score (nSPS) is 24.3. The van der Waals surface area contributed by atoms with Gasteiger partial charge in [-0.3, -0.25) is 9.36 Å². The summed E-state index contributed by atoms with van der Waals surface area (Å²) in [4.78, 5) is 17.7. The molecule has 0 bridgehead atoms. The van der Waals surface area contributed by atoms with Crippen LogP contribution in [0.15, 0.2) is 11.1 Å². The van der Waals surface area contributed by atoms with Gasteiger partial charge < -0.3 is 4.74 Å². The molecule has 5 nitrogen and oxygen atoms in total. The van der Waals surface area contributed by atoms with Crippen molar-refractivity contribution in [2.24, 2.45) is 0 Å². The number of nitrogens with zero attached hydrogens (tertiary/aromatic N) is 3. The van der Waals surface area contributed by atoms with Gasteiger partial charge in [-0.15, -0.1) is 0 Å². The lowest BCUT2D eigenvalue weighted by Crippen LogP contribution is -2.33. The van der Waals surface area contributed by atoms with Crippen LogP contribution in [-0.2, 0) is 11.3 Å². The standard InChI is InChI=1S/C16H21N3O2S/c1-11-13-14(22-18-11)17-10-19(15(13)20)9-12-5-8-16(21-12)6-3-2-4-7-16/h10,12H,2-9H2,1H3. The van der Waals surface area contributed by atoms with Crippen molar-refractivity contribution < 1.29 is 4.74 Å². The van der Waals surface area contributed by atoms with E-state index in [-0.39, 0.29) is 17.3 Å². The summed E-state index contributed by atoms with van der Waals surface area (Å²) in [6.45, 7) is 2.48. The van der Waals surface area contributed by atoms with Crippen molar-refractivity contribution in [2.45, 2.75) is 70.1 Å². The third-order valence-electron chi connectivity index (χ3n) is 5.14. The van der Waals surface area contributed by atoms with E-state index in [0.29, 0.717) is 11.9 Å². The summed E-state index contributed by atoms with van der Waals surface area (Å²) in [6, 6.07) is 0. The number of hydrogen-bond acceptors (Lipinski definition) is 5. The Morgan fingerprint density at radius 3 is 3.00 bits per heavy atom. The fraction of sp³-hybridized carbons (Fsp3) is 0.688. The van der Waals surface area contributed by atoms with Gasteiger partial charge in [0.05, 0.1) is 35.7 Å². The topological polar surface area (TPSA) is 57.0 Å². The first-order valence-corrected chi connectivity index (χ1v) is 8.93. The van der Waals surface area contributed by atoms with E-state index < -0.39 is 0 Å². The maximum atomic E-state index is 12.6. The molecule has 0 N–H and O–H groups in total. The van der Waals surface area contributed by atoms with Crippen LogP contribution in [0.4, 0.5) is 0 Å². The van der Waals surface area contributed by atoms with E-state index in [2.05, 4.69) is 9.36 Å². The van der Waals surface area contributed by atoms with Gasteiger partial charge in [-0.05, 0) is 44.1 Å². The van der Waals surface area contributed by atoms with Crippen LogP contribution < -0.4 is 5.56 Å². The molecule has 4 rings (SSSR count). The van der Waals surface area contributed by atoms with Crippen molar-refractivity contribution in [3.63, 3.8) is 0 Å². The minimum atomic E-state index is 0.0180. The van der Waals surface area contributed by atoms with Gasteiger partial charge in [-0.2, -0.15) is 4.37 Å². The smallest absolute Gasteiger partial charge is 0.264 e. The van der Waals surface area contributed by atoms with Crippen molar-refractivity contribution in [3.05, 3.63) is 22.4 Å². The number of hydrogen-bond donors (Lipinski definition) is 0. The third kappa shape index (κ3) is 2.38. The van der Waals surface area contributed by atoms with E-state index in [1.807, 2.05) is 6.92 Å². The predicted octanol–water partition coefficient (Wildman–Crippen LogP) is 3.04. The van der Waals surface area contributed by atoms with E-state index in [4.69, 9.17) is 4.74 Å². The number of ether oxygens (including phenoxy) is 1. The minimum absolute atomic E-state index is 0.0180. The zero-order valence-corrected chi connectivity index (χ0v) is 13.7. The Bertz CT molecular complexity index is 745. The molecule has 1 atom stereocenters. The molecule has 118 valence electrons. The van der Waals surface area contributed by atoms with Crippen LogP contribution in [0.5, 0.6) is 0 Å². The molecule has 3 heterocycles. The molecule has 2 fully saturated rings. The summed E-state index contributed by atoms with van der Waals surface area (Å²) in [7, 11) is 0. The Labute approximate surface area is 133 Å². The molecule has 2 aliphatic rings. The van der Waals surface area contributed by atoms with Crippen LogP contribution in [0.1, 0.15) is 50.6 Å². The lowest BCUT2D eigenvalue weighted by atomic mass is 9.83. The van der Waals surface area contributed by atoms with Gasteiger partial charge in [-0.25, -0.2) is 4.98 Å². The molecule has 6 heteroatoms. The van der Waals surface area contributed by atoms with Gasteiger partial charge in [-0.1, -0.05) is 19.3 Å². The van der Waals surface area contributed by atoms with Gasteiger partial charge in [0.1, 0.15) is 0 Å². The van der Waals surface area contributed by atoms with Gasteiger partial charge in [0.15, 0.2) is 4.83 Å². The van der Waals surface area contributed by atoms with Crippen molar-refractivity contribution in [2.75, 3.05) is 0 Å². The van der Waals surface area contributed by atoms with Crippen LogP contribution in [0.3, 0.4) is 0 Å². The second-order valence-electron chi connectivity index (χ2n) is 6.67. The third-order valence-corrected chi connectivity index (χ3v) is 5.99. The monoisotopic (exact) mass is 319 g/mol. The second kappa shape index (κ2) is 5.42. The summed E-state index contributed by atoms with van der Waals surface area (Å²) in [5.41, 5.74) is 0.900. The molecule has 1 saturated carbocycles. The van der Waals surface area contributed by atoms with Crippen LogP contribution in [-0.4, -0.2) is 25.6 Å². The highest BCUT2D eigenvalue weighted by atomic mass is 32.1. The molecule has 1 aliphatic heterocycles. The lowest BCUT2D eigenvalue weighted by Gasteiger charge is -2.33. The average Bonchev–Trinajstić information content (AvgIpc) is 3.08. The van der Waals surface area contributed by atoms with Crippen molar-refractivity contribution >= 4 is 21.7 Å². The maximum Gasteiger partial charge on any atom is 0.264 e. The van der Waals surface area contributed by atoms with Crippen LogP contribution in [0.25, 0.3) is 10.2 Å². The van der Waals surface area contributed by atoms with Gasteiger partial charge in [0.25, 0.3) is 5.56 Å². The SMILES string of the molecule is Cc1nsc2ncn(CC3CCC4(CCCCC4)O3)c(=O)c12. The molecule has 2 aromatic rings. The summed E-state index contributed by atoms with van der Waals surface area (Å²) in [5.74, 6) is 0.